The molecular formula is C14H23N. The highest BCUT2D eigenvalue weighted by Gasteiger charge is 2.04. The van der Waals surface area contributed by atoms with Crippen molar-refractivity contribution >= 4 is 0 Å². The first-order chi connectivity index (χ1) is 7.06. The van der Waals surface area contributed by atoms with Crippen molar-refractivity contribution in [3.8, 4) is 0 Å². The van der Waals surface area contributed by atoms with Crippen molar-refractivity contribution in [2.24, 2.45) is 0 Å². The molecule has 0 saturated carbocycles. The van der Waals surface area contributed by atoms with Crippen LogP contribution in [-0.2, 0) is 6.42 Å². The van der Waals surface area contributed by atoms with Gasteiger partial charge in [0.2, 0.25) is 0 Å². The third-order valence-corrected chi connectivity index (χ3v) is 3.47. The fraction of sp³-hybridized carbons (Fsp3) is 0.571. The molecule has 0 heterocycles. The molecule has 0 amide bonds. The molecule has 1 aromatic rings. The Morgan fingerprint density at radius 3 is 2.33 bits per heavy atom. The number of likely N-dealkylation sites (N-methyl/N-ethyl adjacent to an activating group) is 1. The van der Waals surface area contributed by atoms with Crippen LogP contribution in [0.25, 0.3) is 0 Å². The van der Waals surface area contributed by atoms with Crippen LogP contribution in [0.2, 0.25) is 0 Å². The number of hydrogen-bond donors (Lipinski definition) is 0. The molecule has 0 unspecified atom stereocenters. The van der Waals surface area contributed by atoms with E-state index in [0.717, 1.165) is 19.5 Å². The van der Waals surface area contributed by atoms with Crippen molar-refractivity contribution in [3.05, 3.63) is 34.4 Å². The van der Waals surface area contributed by atoms with Gasteiger partial charge >= 0.3 is 0 Å². The van der Waals surface area contributed by atoms with Crippen LogP contribution in [0.15, 0.2) is 12.1 Å². The topological polar surface area (TPSA) is 3.24 Å². The van der Waals surface area contributed by atoms with Crippen molar-refractivity contribution in [3.63, 3.8) is 0 Å². The minimum atomic E-state index is 1.13. The second-order valence-corrected chi connectivity index (χ2v) is 4.44. The summed E-state index contributed by atoms with van der Waals surface area (Å²) >= 11 is 0. The first-order valence-electron chi connectivity index (χ1n) is 5.80. The molecule has 84 valence electrons. The monoisotopic (exact) mass is 205 g/mol. The first-order valence-corrected chi connectivity index (χ1v) is 5.80. The van der Waals surface area contributed by atoms with Crippen LogP contribution >= 0.6 is 0 Å². The number of benzene rings is 1. The van der Waals surface area contributed by atoms with Crippen LogP contribution < -0.4 is 0 Å². The lowest BCUT2D eigenvalue weighted by molar-refractivity contribution is 0.357. The summed E-state index contributed by atoms with van der Waals surface area (Å²) in [6.07, 6.45) is 1.16. The minimum absolute atomic E-state index is 1.13. The van der Waals surface area contributed by atoms with Gasteiger partial charge in [-0.1, -0.05) is 19.1 Å². The second-order valence-electron chi connectivity index (χ2n) is 4.44. The summed E-state index contributed by atoms with van der Waals surface area (Å²) in [5.41, 5.74) is 5.82. The lowest BCUT2D eigenvalue weighted by Crippen LogP contribution is -2.20. The Labute approximate surface area is 94.1 Å². The van der Waals surface area contributed by atoms with Crippen LogP contribution in [0.3, 0.4) is 0 Å². The lowest BCUT2D eigenvalue weighted by atomic mass is 9.97. The van der Waals surface area contributed by atoms with E-state index in [1.807, 2.05) is 0 Å². The van der Waals surface area contributed by atoms with Gasteiger partial charge in [0.1, 0.15) is 0 Å². The Kier molecular flexibility index (Phi) is 4.34. The van der Waals surface area contributed by atoms with Gasteiger partial charge in [0.15, 0.2) is 0 Å². The summed E-state index contributed by atoms with van der Waals surface area (Å²) in [4.78, 5) is 2.36. The van der Waals surface area contributed by atoms with Gasteiger partial charge in [0.25, 0.3) is 0 Å². The van der Waals surface area contributed by atoms with Gasteiger partial charge in [0, 0.05) is 6.54 Å². The Hall–Kier alpha value is -0.820. The Morgan fingerprint density at radius 1 is 1.07 bits per heavy atom. The normalized spacial score (nSPS) is 11.1. The molecule has 0 spiro atoms. The van der Waals surface area contributed by atoms with Crippen LogP contribution in [0, 0.1) is 20.8 Å². The maximum atomic E-state index is 2.36. The van der Waals surface area contributed by atoms with Gasteiger partial charge in [0.05, 0.1) is 0 Å². The zero-order chi connectivity index (χ0) is 11.4. The maximum Gasteiger partial charge on any atom is 0.00188 e. The van der Waals surface area contributed by atoms with Crippen molar-refractivity contribution in [1.82, 2.24) is 4.90 Å². The molecule has 0 saturated heterocycles. The molecule has 0 aliphatic rings. The predicted molar refractivity (Wildman–Crippen MR) is 67.5 cm³/mol. The molecule has 0 fully saturated rings. The summed E-state index contributed by atoms with van der Waals surface area (Å²) in [7, 11) is 2.18. The van der Waals surface area contributed by atoms with E-state index in [9.17, 15) is 0 Å². The Bertz CT molecular complexity index is 328. The summed E-state index contributed by atoms with van der Waals surface area (Å²) in [5.74, 6) is 0. The number of aryl methyl sites for hydroxylation is 1. The molecule has 1 rings (SSSR count). The Morgan fingerprint density at radius 2 is 1.73 bits per heavy atom. The molecular weight excluding hydrogens is 182 g/mol. The standard InChI is InChI=1S/C14H23N/c1-6-15(5)10-9-14-8-7-11(2)12(3)13(14)4/h7-8H,6,9-10H2,1-5H3. The van der Waals surface area contributed by atoms with Crippen molar-refractivity contribution in [2.45, 2.75) is 34.1 Å². The molecule has 15 heavy (non-hydrogen) atoms. The average Bonchev–Trinajstić information content (AvgIpc) is 2.24. The minimum Gasteiger partial charge on any atom is -0.306 e. The summed E-state index contributed by atoms with van der Waals surface area (Å²) < 4.78 is 0. The van der Waals surface area contributed by atoms with E-state index in [2.05, 4.69) is 51.8 Å². The van der Waals surface area contributed by atoms with Crippen LogP contribution in [-0.4, -0.2) is 25.0 Å². The zero-order valence-corrected chi connectivity index (χ0v) is 10.7. The van der Waals surface area contributed by atoms with E-state index in [1.54, 1.807) is 0 Å². The SMILES string of the molecule is CCN(C)CCc1ccc(C)c(C)c1C. The lowest BCUT2D eigenvalue weighted by Gasteiger charge is -2.16. The molecule has 0 atom stereocenters. The molecule has 0 N–H and O–H groups in total. The first kappa shape index (κ1) is 12.3. The number of hydrogen-bond acceptors (Lipinski definition) is 1. The van der Waals surface area contributed by atoms with E-state index in [-0.39, 0.29) is 0 Å². The maximum absolute atomic E-state index is 2.36. The van der Waals surface area contributed by atoms with E-state index < -0.39 is 0 Å². The van der Waals surface area contributed by atoms with Crippen molar-refractivity contribution < 1.29 is 0 Å². The van der Waals surface area contributed by atoms with Gasteiger partial charge in [-0.2, -0.15) is 0 Å². The van der Waals surface area contributed by atoms with Crippen LogP contribution in [0.1, 0.15) is 29.2 Å². The van der Waals surface area contributed by atoms with Gasteiger partial charge in [-0.05, 0) is 63.0 Å². The molecule has 1 aromatic carbocycles. The van der Waals surface area contributed by atoms with Crippen molar-refractivity contribution in [2.75, 3.05) is 20.1 Å². The Balaban J connectivity index is 2.74. The van der Waals surface area contributed by atoms with E-state index in [0.29, 0.717) is 0 Å². The summed E-state index contributed by atoms with van der Waals surface area (Å²) in [5, 5.41) is 0. The number of nitrogens with zero attached hydrogens (tertiary/aromatic N) is 1. The molecule has 0 aliphatic heterocycles. The molecule has 0 aliphatic carbocycles. The van der Waals surface area contributed by atoms with Crippen LogP contribution in [0.5, 0.6) is 0 Å². The summed E-state index contributed by atoms with van der Waals surface area (Å²) in [6, 6.07) is 4.52. The highest BCUT2D eigenvalue weighted by atomic mass is 15.1. The fourth-order valence-electron chi connectivity index (χ4n) is 1.75. The third kappa shape index (κ3) is 3.07. The number of rotatable bonds is 4. The quantitative estimate of drug-likeness (QED) is 0.730. The van der Waals surface area contributed by atoms with Gasteiger partial charge in [-0.25, -0.2) is 0 Å². The predicted octanol–water partition coefficient (Wildman–Crippen LogP) is 3.11. The van der Waals surface area contributed by atoms with E-state index >= 15 is 0 Å². The van der Waals surface area contributed by atoms with E-state index in [1.165, 1.54) is 22.3 Å². The highest BCUT2D eigenvalue weighted by Crippen LogP contribution is 2.17. The molecule has 1 heteroatoms. The molecule has 0 radical (unpaired) electrons. The van der Waals surface area contributed by atoms with Gasteiger partial charge in [-0.3, -0.25) is 0 Å². The average molecular weight is 205 g/mol. The largest absolute Gasteiger partial charge is 0.306 e. The summed E-state index contributed by atoms with van der Waals surface area (Å²) in [6.45, 7) is 11.1. The third-order valence-electron chi connectivity index (χ3n) is 3.47. The smallest absolute Gasteiger partial charge is 0.00188 e. The second kappa shape index (κ2) is 5.32. The van der Waals surface area contributed by atoms with Crippen LogP contribution in [0.4, 0.5) is 0 Å². The van der Waals surface area contributed by atoms with Crippen molar-refractivity contribution in [1.29, 1.82) is 0 Å². The van der Waals surface area contributed by atoms with E-state index in [4.69, 9.17) is 0 Å². The zero-order valence-electron chi connectivity index (χ0n) is 10.7. The highest BCUT2D eigenvalue weighted by molar-refractivity contribution is 5.38. The molecule has 0 bridgehead atoms. The molecule has 0 aromatic heterocycles. The van der Waals surface area contributed by atoms with Gasteiger partial charge < -0.3 is 4.90 Å². The van der Waals surface area contributed by atoms with Gasteiger partial charge in [-0.15, -0.1) is 0 Å². The fourth-order valence-corrected chi connectivity index (χ4v) is 1.75. The molecule has 1 nitrogen and oxygen atoms in total.